The molecule has 2 N–H and O–H groups in total. The lowest BCUT2D eigenvalue weighted by atomic mass is 10.1. The van der Waals surface area contributed by atoms with E-state index in [4.69, 9.17) is 4.74 Å². The SMILES string of the molecule is CN=C(NCCC1=CCOCC1)NC1CCN(c2cccc(C)n2)CC1.I. The molecule has 0 spiro atoms. The number of aryl methyl sites for hydroxylation is 1. The van der Waals surface area contributed by atoms with Crippen molar-refractivity contribution in [3.8, 4) is 0 Å². The van der Waals surface area contributed by atoms with Crippen LogP contribution in [0.2, 0.25) is 0 Å². The summed E-state index contributed by atoms with van der Waals surface area (Å²) in [4.78, 5) is 11.4. The zero-order valence-corrected chi connectivity index (χ0v) is 18.7. The minimum absolute atomic E-state index is 0. The van der Waals surface area contributed by atoms with E-state index in [9.17, 15) is 0 Å². The first-order valence-corrected chi connectivity index (χ1v) is 9.66. The van der Waals surface area contributed by atoms with Crippen molar-refractivity contribution in [2.45, 2.75) is 38.6 Å². The first-order valence-electron chi connectivity index (χ1n) is 9.66. The lowest BCUT2D eigenvalue weighted by molar-refractivity contribution is 0.153. The van der Waals surface area contributed by atoms with Crippen molar-refractivity contribution in [2.24, 2.45) is 4.99 Å². The van der Waals surface area contributed by atoms with Crippen molar-refractivity contribution in [3.05, 3.63) is 35.5 Å². The molecule has 0 aliphatic carbocycles. The third kappa shape index (κ3) is 6.95. The number of hydrogen-bond donors (Lipinski definition) is 2. The van der Waals surface area contributed by atoms with Crippen molar-refractivity contribution < 1.29 is 4.74 Å². The molecule has 1 fully saturated rings. The van der Waals surface area contributed by atoms with Gasteiger partial charge in [0.05, 0.1) is 13.2 Å². The summed E-state index contributed by atoms with van der Waals surface area (Å²) < 4.78 is 5.35. The molecule has 0 bridgehead atoms. The number of pyridine rings is 1. The molecule has 1 saturated heterocycles. The van der Waals surface area contributed by atoms with Crippen molar-refractivity contribution in [3.63, 3.8) is 0 Å². The number of ether oxygens (including phenoxy) is 1. The van der Waals surface area contributed by atoms with Crippen LogP contribution in [0.1, 0.15) is 31.4 Å². The predicted molar refractivity (Wildman–Crippen MR) is 122 cm³/mol. The number of anilines is 1. The number of halogens is 1. The molecule has 1 aromatic rings. The number of nitrogens with zero attached hydrogens (tertiary/aromatic N) is 3. The van der Waals surface area contributed by atoms with Gasteiger partial charge in [-0.25, -0.2) is 4.98 Å². The van der Waals surface area contributed by atoms with Crippen LogP contribution in [-0.4, -0.2) is 56.9 Å². The fourth-order valence-electron chi connectivity index (χ4n) is 3.48. The van der Waals surface area contributed by atoms with Gasteiger partial charge < -0.3 is 20.3 Å². The predicted octanol–water partition coefficient (Wildman–Crippen LogP) is 2.88. The van der Waals surface area contributed by atoms with Gasteiger partial charge in [-0.3, -0.25) is 4.99 Å². The minimum Gasteiger partial charge on any atom is -0.377 e. The molecule has 2 aliphatic rings. The van der Waals surface area contributed by atoms with Gasteiger partial charge in [0.1, 0.15) is 5.82 Å². The highest BCUT2D eigenvalue weighted by atomic mass is 127. The lowest BCUT2D eigenvalue weighted by Crippen LogP contribution is -2.49. The first kappa shape index (κ1) is 21.9. The largest absolute Gasteiger partial charge is 0.377 e. The van der Waals surface area contributed by atoms with Gasteiger partial charge in [0.25, 0.3) is 0 Å². The van der Waals surface area contributed by atoms with E-state index in [0.717, 1.165) is 76.0 Å². The molecule has 2 aliphatic heterocycles. The Labute approximate surface area is 179 Å². The Bertz CT molecular complexity index is 641. The average molecular weight is 485 g/mol. The second-order valence-corrected chi connectivity index (χ2v) is 6.98. The molecule has 3 rings (SSSR count). The third-order valence-corrected chi connectivity index (χ3v) is 5.05. The molecule has 150 valence electrons. The molecule has 1 aromatic heterocycles. The van der Waals surface area contributed by atoms with Gasteiger partial charge in [0.2, 0.25) is 0 Å². The molecule has 27 heavy (non-hydrogen) atoms. The van der Waals surface area contributed by atoms with Crippen LogP contribution in [0.4, 0.5) is 5.82 Å². The number of piperidine rings is 1. The van der Waals surface area contributed by atoms with E-state index in [1.165, 1.54) is 5.57 Å². The molecular weight excluding hydrogens is 453 g/mol. The Kier molecular flexibility index (Phi) is 9.33. The van der Waals surface area contributed by atoms with Crippen LogP contribution < -0.4 is 15.5 Å². The van der Waals surface area contributed by atoms with E-state index in [1.807, 2.05) is 20.0 Å². The molecule has 0 unspecified atom stereocenters. The van der Waals surface area contributed by atoms with Gasteiger partial charge in [0.15, 0.2) is 5.96 Å². The van der Waals surface area contributed by atoms with Gasteiger partial charge in [-0.05, 0) is 44.7 Å². The van der Waals surface area contributed by atoms with E-state index in [2.05, 4.69) is 43.7 Å². The summed E-state index contributed by atoms with van der Waals surface area (Å²) in [5.41, 5.74) is 2.56. The Morgan fingerprint density at radius 1 is 1.33 bits per heavy atom. The maximum Gasteiger partial charge on any atom is 0.191 e. The molecule has 0 radical (unpaired) electrons. The minimum atomic E-state index is 0. The van der Waals surface area contributed by atoms with Crippen LogP contribution in [0.15, 0.2) is 34.8 Å². The van der Waals surface area contributed by atoms with Crippen LogP contribution in [0.3, 0.4) is 0 Å². The Balaban J connectivity index is 0.00000261. The summed E-state index contributed by atoms with van der Waals surface area (Å²) in [6.45, 7) is 6.63. The molecule has 6 nitrogen and oxygen atoms in total. The topological polar surface area (TPSA) is 61.8 Å². The molecule has 0 aromatic carbocycles. The van der Waals surface area contributed by atoms with Crippen LogP contribution in [0.25, 0.3) is 0 Å². The summed E-state index contributed by atoms with van der Waals surface area (Å²) in [5, 5.41) is 7.02. The third-order valence-electron chi connectivity index (χ3n) is 5.05. The molecule has 0 atom stereocenters. The van der Waals surface area contributed by atoms with E-state index in [1.54, 1.807) is 0 Å². The summed E-state index contributed by atoms with van der Waals surface area (Å²) in [5.74, 6) is 2.00. The number of aliphatic imine (C=N–C) groups is 1. The number of nitrogens with one attached hydrogen (secondary N) is 2. The smallest absolute Gasteiger partial charge is 0.191 e. The number of guanidine groups is 1. The Morgan fingerprint density at radius 3 is 2.81 bits per heavy atom. The highest BCUT2D eigenvalue weighted by Crippen LogP contribution is 2.18. The van der Waals surface area contributed by atoms with E-state index in [-0.39, 0.29) is 24.0 Å². The summed E-state index contributed by atoms with van der Waals surface area (Å²) >= 11 is 0. The highest BCUT2D eigenvalue weighted by Gasteiger charge is 2.20. The average Bonchev–Trinajstić information content (AvgIpc) is 2.68. The fraction of sp³-hybridized carbons (Fsp3) is 0.600. The van der Waals surface area contributed by atoms with E-state index < -0.39 is 0 Å². The van der Waals surface area contributed by atoms with Crippen molar-refractivity contribution in [2.75, 3.05) is 44.8 Å². The fourth-order valence-corrected chi connectivity index (χ4v) is 3.48. The van der Waals surface area contributed by atoms with Crippen LogP contribution in [0, 0.1) is 6.92 Å². The number of hydrogen-bond acceptors (Lipinski definition) is 4. The van der Waals surface area contributed by atoms with Crippen LogP contribution >= 0.6 is 24.0 Å². The number of aromatic nitrogens is 1. The molecule has 0 saturated carbocycles. The second-order valence-electron chi connectivity index (χ2n) is 6.98. The summed E-state index contributed by atoms with van der Waals surface area (Å²) in [6, 6.07) is 6.70. The quantitative estimate of drug-likeness (QED) is 0.291. The van der Waals surface area contributed by atoms with Crippen molar-refractivity contribution in [1.29, 1.82) is 0 Å². The highest BCUT2D eigenvalue weighted by molar-refractivity contribution is 14.0. The van der Waals surface area contributed by atoms with Gasteiger partial charge >= 0.3 is 0 Å². The zero-order chi connectivity index (χ0) is 18.2. The van der Waals surface area contributed by atoms with Crippen LogP contribution in [-0.2, 0) is 4.74 Å². The maximum atomic E-state index is 5.35. The Morgan fingerprint density at radius 2 is 2.15 bits per heavy atom. The molecule has 7 heteroatoms. The zero-order valence-electron chi connectivity index (χ0n) is 16.4. The standard InChI is InChI=1S/C20H31N5O.HI/c1-16-4-3-5-19(23-16)25-12-7-18(8-13-25)24-20(21-2)22-11-6-17-9-14-26-15-10-17;/h3-5,9,18H,6-8,10-15H2,1-2H3,(H2,21,22,24);1H. The van der Waals surface area contributed by atoms with Gasteiger partial charge in [-0.15, -0.1) is 24.0 Å². The Hall–Kier alpha value is -1.35. The normalized spacial score (nSPS) is 18.5. The molecular formula is C20H32IN5O. The summed E-state index contributed by atoms with van der Waals surface area (Å²) in [7, 11) is 1.84. The van der Waals surface area contributed by atoms with Crippen LogP contribution in [0.5, 0.6) is 0 Å². The molecule has 0 amide bonds. The van der Waals surface area contributed by atoms with Gasteiger partial charge in [0, 0.05) is 38.4 Å². The maximum absolute atomic E-state index is 5.35. The number of rotatable bonds is 5. The lowest BCUT2D eigenvalue weighted by Gasteiger charge is -2.34. The summed E-state index contributed by atoms with van der Waals surface area (Å²) in [6.07, 6.45) is 6.51. The van der Waals surface area contributed by atoms with Crippen molar-refractivity contribution in [1.82, 2.24) is 15.6 Å². The second kappa shape index (κ2) is 11.5. The van der Waals surface area contributed by atoms with E-state index >= 15 is 0 Å². The first-order chi connectivity index (χ1) is 12.7. The van der Waals surface area contributed by atoms with Gasteiger partial charge in [-0.1, -0.05) is 17.7 Å². The van der Waals surface area contributed by atoms with Crippen molar-refractivity contribution >= 4 is 35.8 Å². The molecule has 3 heterocycles. The van der Waals surface area contributed by atoms with E-state index in [0.29, 0.717) is 6.04 Å². The monoisotopic (exact) mass is 485 g/mol. The van der Waals surface area contributed by atoms with Gasteiger partial charge in [-0.2, -0.15) is 0 Å².